The molecule has 0 aromatic heterocycles. The zero-order valence-corrected chi connectivity index (χ0v) is 17.3. The molecule has 0 bridgehead atoms. The lowest BCUT2D eigenvalue weighted by Gasteiger charge is -2.24. The van der Waals surface area contributed by atoms with E-state index in [2.05, 4.69) is 28.6 Å². The van der Waals surface area contributed by atoms with Gasteiger partial charge in [-0.1, -0.05) is 0 Å². The highest BCUT2D eigenvalue weighted by Crippen LogP contribution is 2.00. The number of hydrogen-bond acceptors (Lipinski definition) is 9. The molecule has 8 N–H and O–H groups in total. The summed E-state index contributed by atoms with van der Waals surface area (Å²) in [5, 5.41) is 34.4. The van der Waals surface area contributed by atoms with E-state index >= 15 is 0 Å². The van der Waals surface area contributed by atoms with Crippen molar-refractivity contribution in [3.8, 4) is 0 Å². The Balaban J connectivity index is 4.92. The van der Waals surface area contributed by atoms with E-state index in [0.29, 0.717) is 12.2 Å². The maximum absolute atomic E-state index is 12.3. The van der Waals surface area contributed by atoms with Crippen LogP contribution < -0.4 is 21.7 Å². The van der Waals surface area contributed by atoms with Crippen LogP contribution in [0.4, 0.5) is 0 Å². The van der Waals surface area contributed by atoms with Crippen molar-refractivity contribution in [1.29, 1.82) is 0 Å². The van der Waals surface area contributed by atoms with Crippen molar-refractivity contribution in [2.75, 3.05) is 24.4 Å². The van der Waals surface area contributed by atoms with Crippen LogP contribution in [0.5, 0.6) is 0 Å². The topological polar surface area (TPSA) is 191 Å². The number of aliphatic carboxylic acids is 1. The number of thiol groups is 1. The molecule has 0 spiro atoms. The van der Waals surface area contributed by atoms with Gasteiger partial charge in [-0.3, -0.25) is 14.4 Å². The largest absolute Gasteiger partial charge is 0.480 e. The first-order valence-corrected chi connectivity index (χ1v) is 10.4. The van der Waals surface area contributed by atoms with Crippen LogP contribution in [0.1, 0.15) is 13.3 Å². The second kappa shape index (κ2) is 13.6. The number of nitrogens with two attached hydrogens (primary N) is 1. The van der Waals surface area contributed by atoms with E-state index in [1.54, 1.807) is 0 Å². The van der Waals surface area contributed by atoms with Gasteiger partial charge in [-0.2, -0.15) is 24.4 Å². The first-order valence-electron chi connectivity index (χ1n) is 8.37. The molecule has 0 aliphatic rings. The normalized spacial score (nSPS) is 16.2. The molecule has 5 atom stereocenters. The minimum atomic E-state index is -1.57. The van der Waals surface area contributed by atoms with E-state index in [1.165, 1.54) is 18.7 Å². The third-order valence-corrected chi connectivity index (χ3v) is 4.66. The summed E-state index contributed by atoms with van der Waals surface area (Å²) in [7, 11) is 0. The zero-order valence-electron chi connectivity index (χ0n) is 15.6. The number of rotatable bonds is 13. The molecule has 28 heavy (non-hydrogen) atoms. The Kier molecular flexibility index (Phi) is 12.9. The van der Waals surface area contributed by atoms with Crippen LogP contribution in [-0.4, -0.2) is 93.7 Å². The number of thioether (sulfide) groups is 1. The monoisotopic (exact) mass is 440 g/mol. The van der Waals surface area contributed by atoms with E-state index in [1.807, 2.05) is 6.26 Å². The number of aliphatic hydroxyl groups excluding tert-OH is 2. The third kappa shape index (κ3) is 9.10. The number of carbonyl (C=O) groups excluding carboxylic acids is 3. The van der Waals surface area contributed by atoms with E-state index in [0.717, 1.165) is 0 Å². The number of amides is 3. The Bertz CT molecular complexity index is 550. The fraction of sp³-hybridized carbons (Fsp3) is 0.733. The molecule has 0 saturated heterocycles. The molecule has 5 unspecified atom stereocenters. The first kappa shape index (κ1) is 26.5. The van der Waals surface area contributed by atoms with Gasteiger partial charge >= 0.3 is 5.97 Å². The average molecular weight is 441 g/mol. The van der Waals surface area contributed by atoms with Crippen LogP contribution in [-0.2, 0) is 19.2 Å². The van der Waals surface area contributed by atoms with Crippen LogP contribution >= 0.6 is 24.4 Å². The molecule has 0 aromatic carbocycles. The molecule has 0 radical (unpaired) electrons. The van der Waals surface area contributed by atoms with Crippen molar-refractivity contribution in [3.05, 3.63) is 0 Å². The highest BCUT2D eigenvalue weighted by Gasteiger charge is 2.31. The molecular weight excluding hydrogens is 412 g/mol. The van der Waals surface area contributed by atoms with Crippen molar-refractivity contribution >= 4 is 48.1 Å². The molecule has 0 fully saturated rings. The molecule has 162 valence electrons. The summed E-state index contributed by atoms with van der Waals surface area (Å²) < 4.78 is 0. The summed E-state index contributed by atoms with van der Waals surface area (Å²) in [5.74, 6) is -3.39. The van der Waals surface area contributed by atoms with E-state index in [4.69, 9.17) is 10.8 Å². The lowest BCUT2D eigenvalue weighted by molar-refractivity contribution is -0.145. The van der Waals surface area contributed by atoms with Gasteiger partial charge in [0.05, 0.1) is 18.8 Å². The van der Waals surface area contributed by atoms with Crippen molar-refractivity contribution in [2.45, 2.75) is 43.6 Å². The number of aliphatic hydroxyl groups is 2. The molecule has 11 nitrogen and oxygen atoms in total. The van der Waals surface area contributed by atoms with Gasteiger partial charge in [0, 0.05) is 5.75 Å². The van der Waals surface area contributed by atoms with Gasteiger partial charge in [-0.25, -0.2) is 4.79 Å². The van der Waals surface area contributed by atoms with Crippen molar-refractivity contribution in [1.82, 2.24) is 16.0 Å². The summed E-state index contributed by atoms with van der Waals surface area (Å²) >= 11 is 5.44. The number of hydrogen-bond donors (Lipinski definition) is 8. The molecule has 0 aliphatic carbocycles. The highest BCUT2D eigenvalue weighted by atomic mass is 32.2. The number of carboxylic acid groups (broad SMARTS) is 1. The summed E-state index contributed by atoms with van der Waals surface area (Å²) in [4.78, 5) is 47.5. The Morgan fingerprint density at radius 2 is 1.61 bits per heavy atom. The summed E-state index contributed by atoms with van der Waals surface area (Å²) in [6.45, 7) is 0.449. The molecule has 0 heterocycles. The zero-order chi connectivity index (χ0) is 21.9. The Morgan fingerprint density at radius 1 is 1.07 bits per heavy atom. The van der Waals surface area contributed by atoms with Crippen molar-refractivity contribution in [2.24, 2.45) is 5.73 Å². The first-order chi connectivity index (χ1) is 13.1. The summed E-state index contributed by atoms with van der Waals surface area (Å²) in [6.07, 6.45) is 0.860. The number of carbonyl (C=O) groups is 4. The van der Waals surface area contributed by atoms with Gasteiger partial charge < -0.3 is 37.0 Å². The second-order valence-electron chi connectivity index (χ2n) is 5.94. The Labute approximate surface area is 172 Å². The average Bonchev–Trinajstić information content (AvgIpc) is 2.64. The molecule has 13 heteroatoms. The van der Waals surface area contributed by atoms with Gasteiger partial charge in [0.25, 0.3) is 0 Å². The van der Waals surface area contributed by atoms with Crippen LogP contribution in [0, 0.1) is 0 Å². The number of nitrogens with one attached hydrogen (secondary N) is 3. The van der Waals surface area contributed by atoms with Crippen molar-refractivity contribution in [3.63, 3.8) is 0 Å². The molecule has 0 saturated carbocycles. The fourth-order valence-corrected chi connectivity index (χ4v) is 2.70. The predicted octanol–water partition coefficient (Wildman–Crippen LogP) is -3.09. The van der Waals surface area contributed by atoms with Crippen LogP contribution in [0.15, 0.2) is 0 Å². The standard InChI is InChI=1S/C15H28N4O7S2/c1-7(21)11(15(25)26)19-14(24)10(6-27)18-13(23)9(5-20)17-12(22)8(16)3-4-28-2/h7-11,20-21,27H,3-6,16H2,1-2H3,(H,17,22)(H,18,23)(H,19,24)(H,25,26). The predicted molar refractivity (Wildman–Crippen MR) is 107 cm³/mol. The van der Waals surface area contributed by atoms with Crippen molar-refractivity contribution < 1.29 is 34.5 Å². The number of carboxylic acids is 1. The van der Waals surface area contributed by atoms with Gasteiger partial charge in [0.15, 0.2) is 6.04 Å². The quantitative estimate of drug-likeness (QED) is 0.137. The summed E-state index contributed by atoms with van der Waals surface area (Å²) in [5.41, 5.74) is 5.70. The van der Waals surface area contributed by atoms with Gasteiger partial charge in [0.1, 0.15) is 12.1 Å². The van der Waals surface area contributed by atoms with Gasteiger partial charge in [0.2, 0.25) is 17.7 Å². The SMILES string of the molecule is CSCCC(N)C(=O)NC(CO)C(=O)NC(CS)C(=O)NC(C(=O)O)C(C)O. The van der Waals surface area contributed by atoms with Crippen LogP contribution in [0.3, 0.4) is 0 Å². The molecular formula is C15H28N4O7S2. The van der Waals surface area contributed by atoms with Crippen LogP contribution in [0.25, 0.3) is 0 Å². The molecule has 0 aromatic rings. The maximum Gasteiger partial charge on any atom is 0.328 e. The third-order valence-electron chi connectivity index (χ3n) is 3.65. The summed E-state index contributed by atoms with van der Waals surface area (Å²) in [6, 6.07) is -5.04. The minimum absolute atomic E-state index is 0.191. The maximum atomic E-state index is 12.3. The molecule has 0 rings (SSSR count). The highest BCUT2D eigenvalue weighted by molar-refractivity contribution is 7.98. The Hall–Kier alpha value is -1.54. The van der Waals surface area contributed by atoms with E-state index < -0.39 is 60.6 Å². The van der Waals surface area contributed by atoms with Gasteiger partial charge in [-0.05, 0) is 25.4 Å². The van der Waals surface area contributed by atoms with Crippen LogP contribution in [0.2, 0.25) is 0 Å². The molecule has 3 amide bonds. The lowest BCUT2D eigenvalue weighted by atomic mass is 10.1. The second-order valence-corrected chi connectivity index (χ2v) is 7.29. The lowest BCUT2D eigenvalue weighted by Crippen LogP contribution is -2.59. The van der Waals surface area contributed by atoms with E-state index in [-0.39, 0.29) is 5.75 Å². The smallest absolute Gasteiger partial charge is 0.328 e. The minimum Gasteiger partial charge on any atom is -0.480 e. The fourth-order valence-electron chi connectivity index (χ4n) is 1.96. The molecule has 0 aliphatic heterocycles. The van der Waals surface area contributed by atoms with Gasteiger partial charge in [-0.15, -0.1) is 0 Å². The van der Waals surface area contributed by atoms with E-state index in [9.17, 15) is 29.4 Å². The Morgan fingerprint density at radius 3 is 2.04 bits per heavy atom.